The Hall–Kier alpha value is -0.200. The van der Waals surface area contributed by atoms with E-state index in [0.29, 0.717) is 0 Å². The molecule has 0 aromatic rings. The van der Waals surface area contributed by atoms with E-state index in [9.17, 15) is 0 Å². The van der Waals surface area contributed by atoms with Gasteiger partial charge in [0.1, 0.15) is 0 Å². The molecule has 0 amide bonds. The largest absolute Gasteiger partial charge is 0.330 e. The summed E-state index contributed by atoms with van der Waals surface area (Å²) in [4.78, 5) is 5.03. The lowest BCUT2D eigenvalue weighted by atomic mass is 10.1. The lowest BCUT2D eigenvalue weighted by Crippen LogP contribution is -2.53. The first kappa shape index (κ1) is 66.9. The number of hydrogen-bond acceptors (Lipinski definition) is 5. The Morgan fingerprint density at radius 1 is 0.292 bits per heavy atom. The lowest BCUT2D eigenvalue weighted by Gasteiger charge is -2.40. The zero-order valence-electron chi connectivity index (χ0n) is 46.8. The fourth-order valence-electron chi connectivity index (χ4n) is 9.46. The Morgan fingerprint density at radius 3 is 0.754 bits per heavy atom. The molecule has 1 heterocycles. The van der Waals surface area contributed by atoms with E-state index in [1.54, 1.807) is 0 Å². The van der Waals surface area contributed by atoms with E-state index in [1.165, 1.54) is 335 Å². The van der Waals surface area contributed by atoms with E-state index < -0.39 is 0 Å². The number of rotatable bonds is 49. The Bertz CT molecular complexity index is 774. The molecule has 1 saturated heterocycles. The van der Waals surface area contributed by atoms with Crippen LogP contribution in [0.15, 0.2) is 0 Å². The smallest absolute Gasteiger partial charge is 0.0261 e. The first-order valence-corrected chi connectivity index (χ1v) is 30.6. The van der Waals surface area contributed by atoms with Gasteiger partial charge in [0.2, 0.25) is 0 Å². The van der Waals surface area contributed by atoms with Crippen LogP contribution in [0.3, 0.4) is 0 Å². The maximum absolute atomic E-state index is 5.37. The van der Waals surface area contributed by atoms with Gasteiger partial charge < -0.3 is 15.5 Å². The summed E-state index contributed by atoms with van der Waals surface area (Å²) in [6, 6.07) is 0. The van der Waals surface area contributed by atoms with Gasteiger partial charge in [0.05, 0.1) is 0 Å². The standard InChI is InChI=1S/C32H67N3.C19H41N.C9H21N/c1-4-6-8-10-12-14-16-18-20-22-24-26-28-34(35-31-29-33(3)30-32-35)27-25-23-21-19-17-15-13-11-9-7-5-2;1-4-6-8-10-12-14-16-18-20(3)19-17-15-13-11-9-7-5-2;1-2-3-4-5-6-7-8-9-10/h4-32H2,1-3H3;4-19H2,1-3H3;2-10H2,1H3. The van der Waals surface area contributed by atoms with Crippen LogP contribution in [-0.4, -0.2) is 92.8 Å². The van der Waals surface area contributed by atoms with Crippen LogP contribution >= 0.6 is 0 Å². The Labute approximate surface area is 414 Å². The van der Waals surface area contributed by atoms with Crippen molar-refractivity contribution in [2.75, 3.05) is 73.0 Å². The third kappa shape index (κ3) is 56.3. The van der Waals surface area contributed by atoms with Crippen molar-refractivity contribution < 1.29 is 0 Å². The minimum absolute atomic E-state index is 0.869. The van der Waals surface area contributed by atoms with Crippen LogP contribution in [0.4, 0.5) is 0 Å². The first-order chi connectivity index (χ1) is 32.0. The van der Waals surface area contributed by atoms with Crippen molar-refractivity contribution in [2.24, 2.45) is 5.73 Å². The summed E-state index contributed by atoms with van der Waals surface area (Å²) >= 11 is 0. The topological polar surface area (TPSA) is 39.0 Å². The maximum atomic E-state index is 5.37. The summed E-state index contributed by atoms with van der Waals surface area (Å²) in [6.45, 7) is 22.4. The van der Waals surface area contributed by atoms with Crippen LogP contribution in [0.5, 0.6) is 0 Å². The van der Waals surface area contributed by atoms with Gasteiger partial charge in [-0.05, 0) is 65.8 Å². The highest BCUT2D eigenvalue weighted by atomic mass is 15.6. The third-order valence-corrected chi connectivity index (χ3v) is 14.3. The molecule has 1 aliphatic rings. The Balaban J connectivity index is 0. The van der Waals surface area contributed by atoms with Gasteiger partial charge in [-0.15, -0.1) is 0 Å². The van der Waals surface area contributed by atoms with Gasteiger partial charge in [0.25, 0.3) is 0 Å². The van der Waals surface area contributed by atoms with E-state index in [2.05, 4.69) is 68.5 Å². The molecule has 0 spiro atoms. The fourth-order valence-corrected chi connectivity index (χ4v) is 9.46. The van der Waals surface area contributed by atoms with Crippen LogP contribution in [0.2, 0.25) is 0 Å². The van der Waals surface area contributed by atoms with Gasteiger partial charge in [-0.3, -0.25) is 0 Å². The summed E-state index contributed by atoms with van der Waals surface area (Å²) in [5, 5.41) is 5.44. The second kappa shape index (κ2) is 59.9. The molecule has 0 aromatic carbocycles. The second-order valence-electron chi connectivity index (χ2n) is 21.1. The fraction of sp³-hybridized carbons (Fsp3) is 1.00. The molecular formula is C60H129N5. The van der Waals surface area contributed by atoms with E-state index in [4.69, 9.17) is 5.73 Å². The quantitative estimate of drug-likeness (QED) is 0.0616. The van der Waals surface area contributed by atoms with Crippen LogP contribution in [0.25, 0.3) is 0 Å². The van der Waals surface area contributed by atoms with Crippen LogP contribution in [0.1, 0.15) is 317 Å². The van der Waals surface area contributed by atoms with E-state index in [-0.39, 0.29) is 0 Å². The number of unbranched alkanes of at least 4 members (excludes halogenated alkanes) is 39. The molecule has 394 valence electrons. The first-order valence-electron chi connectivity index (χ1n) is 30.6. The van der Waals surface area contributed by atoms with Gasteiger partial charge in [-0.1, -0.05) is 285 Å². The van der Waals surface area contributed by atoms with Gasteiger partial charge in [-0.25, -0.2) is 10.0 Å². The predicted molar refractivity (Wildman–Crippen MR) is 299 cm³/mol. The number of nitrogens with zero attached hydrogens (tertiary/aromatic N) is 4. The molecule has 5 nitrogen and oxygen atoms in total. The highest BCUT2D eigenvalue weighted by molar-refractivity contribution is 4.69. The third-order valence-electron chi connectivity index (χ3n) is 14.3. The normalized spacial score (nSPS) is 13.4. The summed E-state index contributed by atoms with van der Waals surface area (Å²) in [7, 11) is 4.57. The molecule has 0 atom stereocenters. The van der Waals surface area contributed by atoms with Gasteiger partial charge in [0.15, 0.2) is 0 Å². The van der Waals surface area contributed by atoms with Crippen molar-refractivity contribution in [3.05, 3.63) is 0 Å². The van der Waals surface area contributed by atoms with Crippen molar-refractivity contribution in [2.45, 2.75) is 317 Å². The summed E-state index contributed by atoms with van der Waals surface area (Å²) < 4.78 is 0. The molecule has 65 heavy (non-hydrogen) atoms. The van der Waals surface area contributed by atoms with Crippen molar-refractivity contribution in [1.82, 2.24) is 19.8 Å². The number of hydrazine groups is 1. The van der Waals surface area contributed by atoms with Gasteiger partial charge in [0, 0.05) is 39.3 Å². The average molecular weight is 921 g/mol. The minimum Gasteiger partial charge on any atom is -0.330 e. The van der Waals surface area contributed by atoms with Gasteiger partial charge in [-0.2, -0.15) is 0 Å². The summed E-state index contributed by atoms with van der Waals surface area (Å²) in [5.41, 5.74) is 5.37. The monoisotopic (exact) mass is 920 g/mol. The zero-order valence-corrected chi connectivity index (χ0v) is 46.8. The number of piperazine rings is 1. The lowest BCUT2D eigenvalue weighted by molar-refractivity contribution is -0.0555. The zero-order chi connectivity index (χ0) is 47.8. The Kier molecular flexibility index (Phi) is 61.7. The molecule has 5 heteroatoms. The molecular weight excluding hydrogens is 791 g/mol. The van der Waals surface area contributed by atoms with E-state index >= 15 is 0 Å². The summed E-state index contributed by atoms with van der Waals surface area (Å²) in [5.74, 6) is 0. The molecule has 0 aromatic heterocycles. The highest BCUT2D eigenvalue weighted by Gasteiger charge is 2.19. The molecule has 1 rings (SSSR count). The summed E-state index contributed by atoms with van der Waals surface area (Å²) in [6.07, 6.45) is 62.7. The van der Waals surface area contributed by atoms with Gasteiger partial charge >= 0.3 is 0 Å². The number of hydrogen-bond donors (Lipinski definition) is 1. The van der Waals surface area contributed by atoms with Crippen LogP contribution in [-0.2, 0) is 0 Å². The molecule has 0 radical (unpaired) electrons. The van der Waals surface area contributed by atoms with Crippen molar-refractivity contribution in [1.29, 1.82) is 0 Å². The predicted octanol–water partition coefficient (Wildman–Crippen LogP) is 18.6. The number of likely N-dealkylation sites (N-methyl/N-ethyl adjacent to an activating group) is 1. The highest BCUT2D eigenvalue weighted by Crippen LogP contribution is 2.16. The molecule has 0 unspecified atom stereocenters. The molecule has 0 saturated carbocycles. The molecule has 2 N–H and O–H groups in total. The second-order valence-corrected chi connectivity index (χ2v) is 21.1. The van der Waals surface area contributed by atoms with E-state index in [0.717, 1.165) is 6.54 Å². The number of nitrogens with two attached hydrogens (primary N) is 1. The SMILES string of the molecule is CCCCCCCCCCCCCCN(CCCCCCCCCCCCC)N1CCN(C)CC1.CCCCCCCCCN.CCCCCCCCCN(C)CCCCCCCCC. The molecule has 1 aliphatic heterocycles. The minimum atomic E-state index is 0.869. The van der Waals surface area contributed by atoms with Crippen molar-refractivity contribution in [3.63, 3.8) is 0 Å². The van der Waals surface area contributed by atoms with Crippen molar-refractivity contribution >= 4 is 0 Å². The van der Waals surface area contributed by atoms with Crippen molar-refractivity contribution in [3.8, 4) is 0 Å². The molecule has 1 fully saturated rings. The van der Waals surface area contributed by atoms with Crippen LogP contribution in [0, 0.1) is 0 Å². The maximum Gasteiger partial charge on any atom is 0.0261 e. The van der Waals surface area contributed by atoms with E-state index in [1.807, 2.05) is 0 Å². The van der Waals surface area contributed by atoms with Crippen LogP contribution < -0.4 is 5.73 Å². The Morgan fingerprint density at radius 2 is 0.508 bits per heavy atom. The molecule has 0 aliphatic carbocycles. The molecule has 0 bridgehead atoms. The average Bonchev–Trinajstić information content (AvgIpc) is 3.31.